The summed E-state index contributed by atoms with van der Waals surface area (Å²) >= 11 is 13.1. The summed E-state index contributed by atoms with van der Waals surface area (Å²) in [5.74, 6) is 3.15. The van der Waals surface area contributed by atoms with E-state index in [0.29, 0.717) is 0 Å². The molecule has 0 aliphatic carbocycles. The van der Waals surface area contributed by atoms with E-state index in [2.05, 4.69) is 44.8 Å². The number of thiol groups is 3. The molecule has 0 N–H and O–H groups in total. The highest BCUT2D eigenvalue weighted by molar-refractivity contribution is 7.80. The Bertz CT molecular complexity index is 89.9. The third-order valence-electron chi connectivity index (χ3n) is 2.71. The lowest BCUT2D eigenvalue weighted by atomic mass is 10.6. The number of hydrogen-bond acceptors (Lipinski definition) is 3. The van der Waals surface area contributed by atoms with Gasteiger partial charge in [0.05, 0.1) is 8.07 Å². The average molecular weight is 255 g/mol. The summed E-state index contributed by atoms with van der Waals surface area (Å²) in [5, 5.41) is 0. The molecule has 0 aliphatic rings. The first-order valence-corrected chi connectivity index (χ1v) is 9.80. The summed E-state index contributed by atoms with van der Waals surface area (Å²) in [6.45, 7) is 2.29. The quantitative estimate of drug-likeness (QED) is 0.427. The van der Waals surface area contributed by atoms with Crippen molar-refractivity contribution in [3.8, 4) is 0 Å². The zero-order chi connectivity index (χ0) is 10.2. The second-order valence-electron chi connectivity index (χ2n) is 3.67. The Morgan fingerprint density at radius 3 is 1.38 bits per heavy atom. The molecule has 0 saturated carbocycles. The summed E-state index contributed by atoms with van der Waals surface area (Å²) in [6, 6.07) is 5.50. The van der Waals surface area contributed by atoms with Crippen molar-refractivity contribution >= 4 is 46.0 Å². The summed E-state index contributed by atoms with van der Waals surface area (Å²) in [7, 11) is -1.02. The van der Waals surface area contributed by atoms with Gasteiger partial charge in [0.25, 0.3) is 0 Å². The predicted molar refractivity (Wildman–Crippen MR) is 76.8 cm³/mol. The summed E-state index contributed by atoms with van der Waals surface area (Å²) in [6.07, 6.45) is 1.32. The Labute approximate surface area is 101 Å². The molecule has 0 heterocycles. The highest BCUT2D eigenvalue weighted by Crippen LogP contribution is 2.28. The molecule has 4 heteroatoms. The molecule has 0 aliphatic heterocycles. The zero-order valence-corrected chi connectivity index (χ0v) is 12.2. The van der Waals surface area contributed by atoms with Gasteiger partial charge in [-0.15, -0.1) is 0 Å². The predicted octanol–water partition coefficient (Wildman–Crippen LogP) is 3.63. The first-order chi connectivity index (χ1) is 6.24. The minimum atomic E-state index is -1.02. The lowest BCUT2D eigenvalue weighted by molar-refractivity contribution is 0.998. The monoisotopic (exact) mass is 254 g/mol. The van der Waals surface area contributed by atoms with Crippen molar-refractivity contribution < 1.29 is 0 Å². The molecule has 0 spiro atoms. The average Bonchev–Trinajstić information content (AvgIpc) is 2.06. The normalized spacial score (nSPS) is 12.0. The lowest BCUT2D eigenvalue weighted by Gasteiger charge is -2.30. The highest BCUT2D eigenvalue weighted by atomic mass is 32.1. The molecule has 0 saturated heterocycles. The van der Waals surface area contributed by atoms with Crippen LogP contribution in [-0.2, 0) is 0 Å². The van der Waals surface area contributed by atoms with E-state index in [0.717, 1.165) is 17.3 Å². The van der Waals surface area contributed by atoms with Crippen molar-refractivity contribution in [2.75, 3.05) is 17.3 Å². The van der Waals surface area contributed by atoms with Crippen LogP contribution >= 0.6 is 37.9 Å². The molecule has 0 aromatic carbocycles. The topological polar surface area (TPSA) is 0 Å². The van der Waals surface area contributed by atoms with Crippen molar-refractivity contribution in [3.63, 3.8) is 0 Å². The standard InChI is InChI=1S/C9H22S3Si/c1-2-6-13(7-3-10,8-4-11)9-5-12/h10-12H,2-9H2,1H3. The van der Waals surface area contributed by atoms with E-state index in [1.807, 2.05) is 0 Å². The minimum Gasteiger partial charge on any atom is -0.180 e. The van der Waals surface area contributed by atoms with Gasteiger partial charge in [0.2, 0.25) is 0 Å². The van der Waals surface area contributed by atoms with Crippen molar-refractivity contribution in [2.45, 2.75) is 37.5 Å². The van der Waals surface area contributed by atoms with E-state index in [1.54, 1.807) is 0 Å². The first kappa shape index (κ1) is 14.3. The maximum absolute atomic E-state index is 4.38. The molecule has 0 nitrogen and oxygen atoms in total. The molecule has 13 heavy (non-hydrogen) atoms. The van der Waals surface area contributed by atoms with E-state index in [9.17, 15) is 0 Å². The van der Waals surface area contributed by atoms with Gasteiger partial charge in [0, 0.05) is 0 Å². The molecular formula is C9H22S3Si. The Morgan fingerprint density at radius 2 is 1.15 bits per heavy atom. The maximum atomic E-state index is 4.38. The molecular weight excluding hydrogens is 232 g/mol. The Morgan fingerprint density at radius 1 is 0.769 bits per heavy atom. The summed E-state index contributed by atoms with van der Waals surface area (Å²) in [4.78, 5) is 0. The molecule has 0 fully saturated rings. The maximum Gasteiger partial charge on any atom is 0.0559 e. The van der Waals surface area contributed by atoms with Crippen molar-refractivity contribution in [2.24, 2.45) is 0 Å². The van der Waals surface area contributed by atoms with Gasteiger partial charge >= 0.3 is 0 Å². The van der Waals surface area contributed by atoms with Gasteiger partial charge in [-0.25, -0.2) is 0 Å². The fourth-order valence-corrected chi connectivity index (χ4v) is 10.2. The van der Waals surface area contributed by atoms with Crippen LogP contribution in [0.3, 0.4) is 0 Å². The Kier molecular flexibility index (Phi) is 9.40. The largest absolute Gasteiger partial charge is 0.180 e. The molecule has 0 aromatic rings. The van der Waals surface area contributed by atoms with Gasteiger partial charge in [-0.2, -0.15) is 37.9 Å². The molecule has 0 radical (unpaired) electrons. The fraction of sp³-hybridized carbons (Fsp3) is 1.00. The van der Waals surface area contributed by atoms with Gasteiger partial charge in [0.15, 0.2) is 0 Å². The van der Waals surface area contributed by atoms with Gasteiger partial charge < -0.3 is 0 Å². The smallest absolute Gasteiger partial charge is 0.0559 e. The number of rotatable bonds is 8. The third kappa shape index (κ3) is 5.65. The fourth-order valence-electron chi connectivity index (χ4n) is 1.99. The van der Waals surface area contributed by atoms with E-state index >= 15 is 0 Å². The van der Waals surface area contributed by atoms with Crippen LogP contribution < -0.4 is 0 Å². The second-order valence-corrected chi connectivity index (χ2v) is 10.0. The van der Waals surface area contributed by atoms with Gasteiger partial charge in [-0.1, -0.05) is 19.4 Å². The van der Waals surface area contributed by atoms with E-state index in [4.69, 9.17) is 0 Å². The molecule has 0 bridgehead atoms. The van der Waals surface area contributed by atoms with E-state index < -0.39 is 8.07 Å². The van der Waals surface area contributed by atoms with Gasteiger partial charge in [-0.3, -0.25) is 0 Å². The lowest BCUT2D eigenvalue weighted by Crippen LogP contribution is -2.35. The Hall–Kier alpha value is 1.27. The summed E-state index contributed by atoms with van der Waals surface area (Å²) in [5.41, 5.74) is 0. The molecule has 0 unspecified atom stereocenters. The summed E-state index contributed by atoms with van der Waals surface area (Å²) < 4.78 is 0. The Balaban J connectivity index is 4.19. The van der Waals surface area contributed by atoms with Crippen LogP contribution in [0, 0.1) is 0 Å². The van der Waals surface area contributed by atoms with Crippen molar-refractivity contribution in [1.29, 1.82) is 0 Å². The SMILES string of the molecule is CCC[Si](CCS)(CCS)CCS. The molecule has 0 amide bonds. The van der Waals surface area contributed by atoms with Crippen molar-refractivity contribution in [1.82, 2.24) is 0 Å². The second kappa shape index (κ2) is 8.57. The van der Waals surface area contributed by atoms with Crippen LogP contribution in [0.25, 0.3) is 0 Å². The van der Waals surface area contributed by atoms with Gasteiger partial charge in [-0.05, 0) is 35.4 Å². The first-order valence-electron chi connectivity index (χ1n) is 5.07. The molecule has 80 valence electrons. The van der Waals surface area contributed by atoms with Crippen LogP contribution in [0.1, 0.15) is 13.3 Å². The van der Waals surface area contributed by atoms with Crippen LogP contribution in [-0.4, -0.2) is 25.3 Å². The molecule has 0 aromatic heterocycles. The number of hydrogen-bond donors (Lipinski definition) is 3. The van der Waals surface area contributed by atoms with Crippen LogP contribution in [0.15, 0.2) is 0 Å². The highest BCUT2D eigenvalue weighted by Gasteiger charge is 2.28. The zero-order valence-electron chi connectivity index (χ0n) is 8.50. The minimum absolute atomic E-state index is 1.02. The van der Waals surface area contributed by atoms with Crippen molar-refractivity contribution in [3.05, 3.63) is 0 Å². The van der Waals surface area contributed by atoms with Gasteiger partial charge in [0.1, 0.15) is 0 Å². The molecule has 0 atom stereocenters. The van der Waals surface area contributed by atoms with E-state index in [1.165, 1.54) is 30.6 Å². The van der Waals surface area contributed by atoms with E-state index in [-0.39, 0.29) is 0 Å². The van der Waals surface area contributed by atoms with Crippen LogP contribution in [0.5, 0.6) is 0 Å². The molecule has 0 rings (SSSR count). The van der Waals surface area contributed by atoms with Crippen LogP contribution in [0.4, 0.5) is 0 Å². The third-order valence-corrected chi connectivity index (χ3v) is 10.1. The van der Waals surface area contributed by atoms with Crippen LogP contribution in [0.2, 0.25) is 24.2 Å².